The second kappa shape index (κ2) is 6.59. The topological polar surface area (TPSA) is 62.7 Å². The molecule has 0 unspecified atom stereocenters. The van der Waals surface area contributed by atoms with E-state index in [1.54, 1.807) is 12.1 Å². The van der Waals surface area contributed by atoms with Gasteiger partial charge in [0, 0.05) is 35.3 Å². The zero-order valence-electron chi connectivity index (χ0n) is 15.1. The Hall–Kier alpha value is -2.63. The number of nitrogens with one attached hydrogen (secondary N) is 2. The summed E-state index contributed by atoms with van der Waals surface area (Å²) < 4.78 is 15.5. The summed E-state index contributed by atoms with van der Waals surface area (Å²) in [5.41, 5.74) is 5.11. The molecule has 0 aliphatic heterocycles. The number of aromatic nitrogens is 3. The molecule has 4 rings (SSSR count). The molecule has 0 spiro atoms. The molecular formula is C20H23FN4O. The summed E-state index contributed by atoms with van der Waals surface area (Å²) in [5.74, 6) is -0.212. The van der Waals surface area contributed by atoms with Crippen LogP contribution in [0.5, 0.6) is 0 Å². The smallest absolute Gasteiger partial charge is 0.222 e. The predicted octanol–water partition coefficient (Wildman–Crippen LogP) is 3.70. The van der Waals surface area contributed by atoms with Crippen molar-refractivity contribution in [2.45, 2.75) is 52.1 Å². The van der Waals surface area contributed by atoms with Gasteiger partial charge in [0.25, 0.3) is 0 Å². The minimum absolute atomic E-state index is 0.0141. The van der Waals surface area contributed by atoms with Crippen molar-refractivity contribution in [2.75, 3.05) is 0 Å². The molecule has 2 aromatic heterocycles. The van der Waals surface area contributed by atoms with Gasteiger partial charge in [0.2, 0.25) is 5.91 Å². The first-order valence-electron chi connectivity index (χ1n) is 9.11. The van der Waals surface area contributed by atoms with Crippen LogP contribution in [0.3, 0.4) is 0 Å². The molecule has 1 aliphatic carbocycles. The summed E-state index contributed by atoms with van der Waals surface area (Å²) in [6.45, 7) is 4.52. The summed E-state index contributed by atoms with van der Waals surface area (Å²) in [5, 5.41) is 8.47. The van der Waals surface area contributed by atoms with Gasteiger partial charge in [-0.25, -0.2) is 4.39 Å². The van der Waals surface area contributed by atoms with Crippen LogP contribution in [0, 0.1) is 19.7 Å². The van der Waals surface area contributed by atoms with Gasteiger partial charge in [-0.2, -0.15) is 5.10 Å². The summed E-state index contributed by atoms with van der Waals surface area (Å²) in [4.78, 5) is 15.8. The van der Waals surface area contributed by atoms with Crippen LogP contribution in [-0.2, 0) is 17.8 Å². The van der Waals surface area contributed by atoms with Crippen LogP contribution in [-0.4, -0.2) is 20.7 Å². The van der Waals surface area contributed by atoms with E-state index in [0.29, 0.717) is 13.0 Å². The van der Waals surface area contributed by atoms with Gasteiger partial charge in [-0.05, 0) is 62.9 Å². The maximum Gasteiger partial charge on any atom is 0.222 e. The molecule has 5 nitrogen and oxygen atoms in total. The van der Waals surface area contributed by atoms with Gasteiger partial charge in [0.05, 0.1) is 11.7 Å². The minimum atomic E-state index is -0.227. The first-order valence-corrected chi connectivity index (χ1v) is 9.11. The number of hydrogen-bond donors (Lipinski definition) is 2. The van der Waals surface area contributed by atoms with E-state index >= 15 is 0 Å². The van der Waals surface area contributed by atoms with E-state index in [1.165, 1.54) is 6.07 Å². The Kier molecular flexibility index (Phi) is 4.26. The van der Waals surface area contributed by atoms with Gasteiger partial charge < -0.3 is 10.3 Å². The average molecular weight is 354 g/mol. The van der Waals surface area contributed by atoms with Crippen LogP contribution in [0.15, 0.2) is 24.3 Å². The molecule has 2 heterocycles. The Morgan fingerprint density at radius 1 is 1.38 bits per heavy atom. The summed E-state index contributed by atoms with van der Waals surface area (Å²) in [6, 6.07) is 6.78. The van der Waals surface area contributed by atoms with E-state index in [-0.39, 0.29) is 17.8 Å². The molecule has 0 bridgehead atoms. The fourth-order valence-electron chi connectivity index (χ4n) is 3.95. The van der Waals surface area contributed by atoms with Crippen molar-refractivity contribution in [1.29, 1.82) is 0 Å². The van der Waals surface area contributed by atoms with Crippen molar-refractivity contribution < 1.29 is 9.18 Å². The van der Waals surface area contributed by atoms with Crippen molar-refractivity contribution in [3.05, 3.63) is 52.7 Å². The molecule has 2 N–H and O–H groups in total. The number of fused-ring (bicyclic) bond motifs is 3. The van der Waals surface area contributed by atoms with E-state index in [1.807, 2.05) is 24.6 Å². The number of amides is 1. The lowest BCUT2D eigenvalue weighted by Gasteiger charge is -2.24. The number of nitrogens with zero attached hydrogens (tertiary/aromatic N) is 2. The van der Waals surface area contributed by atoms with Crippen molar-refractivity contribution in [2.24, 2.45) is 0 Å². The second-order valence-electron chi connectivity index (χ2n) is 7.12. The number of carbonyl (C=O) groups excluding carboxylic acids is 1. The molecule has 136 valence electrons. The second-order valence-corrected chi connectivity index (χ2v) is 7.12. The quantitative estimate of drug-likeness (QED) is 0.750. The van der Waals surface area contributed by atoms with E-state index in [0.717, 1.165) is 52.8 Å². The number of hydrogen-bond acceptors (Lipinski definition) is 2. The van der Waals surface area contributed by atoms with E-state index in [9.17, 15) is 9.18 Å². The fourth-order valence-corrected chi connectivity index (χ4v) is 3.95. The Morgan fingerprint density at radius 2 is 2.23 bits per heavy atom. The molecular weight excluding hydrogens is 331 g/mol. The van der Waals surface area contributed by atoms with Gasteiger partial charge in [-0.1, -0.05) is 0 Å². The monoisotopic (exact) mass is 354 g/mol. The van der Waals surface area contributed by atoms with E-state index < -0.39 is 0 Å². The molecule has 0 fully saturated rings. The van der Waals surface area contributed by atoms with Gasteiger partial charge in [0.1, 0.15) is 5.82 Å². The van der Waals surface area contributed by atoms with Gasteiger partial charge in [-0.15, -0.1) is 0 Å². The van der Waals surface area contributed by atoms with Crippen molar-refractivity contribution in [1.82, 2.24) is 20.1 Å². The van der Waals surface area contributed by atoms with Crippen LogP contribution in [0.2, 0.25) is 0 Å². The third kappa shape index (κ3) is 3.11. The summed E-state index contributed by atoms with van der Waals surface area (Å²) >= 11 is 0. The highest BCUT2D eigenvalue weighted by Gasteiger charge is 2.25. The maximum atomic E-state index is 13.6. The Labute approximate surface area is 151 Å². The molecule has 1 atom stereocenters. The molecule has 0 saturated heterocycles. The lowest BCUT2D eigenvalue weighted by Crippen LogP contribution is -2.31. The number of H-pyrrole nitrogens is 1. The zero-order chi connectivity index (χ0) is 18.3. The third-order valence-corrected chi connectivity index (χ3v) is 5.16. The normalized spacial score (nSPS) is 16.7. The van der Waals surface area contributed by atoms with Crippen LogP contribution in [0.25, 0.3) is 10.9 Å². The van der Waals surface area contributed by atoms with Crippen LogP contribution >= 0.6 is 0 Å². The Bertz CT molecular complexity index is 972. The SMILES string of the molecule is Cc1cc(C)n(CCC(=O)N[C@H]2CCCc3c2[nH]c2ccc(F)cc32)n1. The highest BCUT2D eigenvalue weighted by atomic mass is 19.1. The molecule has 0 saturated carbocycles. The highest BCUT2D eigenvalue weighted by Crippen LogP contribution is 2.35. The Balaban J connectivity index is 1.48. The maximum absolute atomic E-state index is 13.6. The molecule has 6 heteroatoms. The molecule has 3 aromatic rings. The van der Waals surface area contributed by atoms with Crippen LogP contribution < -0.4 is 5.32 Å². The van der Waals surface area contributed by atoms with E-state index in [4.69, 9.17) is 0 Å². The number of carbonyl (C=O) groups is 1. The number of aromatic amines is 1. The predicted molar refractivity (Wildman–Crippen MR) is 98.4 cm³/mol. The first-order chi connectivity index (χ1) is 12.5. The molecule has 1 aliphatic rings. The van der Waals surface area contributed by atoms with Crippen molar-refractivity contribution in [3.63, 3.8) is 0 Å². The molecule has 26 heavy (non-hydrogen) atoms. The number of aryl methyl sites for hydroxylation is 4. The Morgan fingerprint density at radius 3 is 3.00 bits per heavy atom. The number of rotatable bonds is 4. The largest absolute Gasteiger partial charge is 0.356 e. The standard InChI is InChI=1S/C20H23FN4O/c1-12-10-13(2)25(24-12)9-8-19(26)22-18-5-3-4-15-16-11-14(21)6-7-17(16)23-20(15)18/h6-7,10-11,18,23H,3-5,8-9H2,1-2H3,(H,22,26)/t18-/m0/s1. The molecule has 1 aromatic carbocycles. The van der Waals surface area contributed by atoms with Gasteiger partial charge in [-0.3, -0.25) is 9.48 Å². The lowest BCUT2D eigenvalue weighted by molar-refractivity contribution is -0.122. The third-order valence-electron chi connectivity index (χ3n) is 5.16. The fraction of sp³-hybridized carbons (Fsp3) is 0.400. The van der Waals surface area contributed by atoms with Crippen LogP contribution in [0.4, 0.5) is 4.39 Å². The molecule has 1 amide bonds. The van der Waals surface area contributed by atoms with E-state index in [2.05, 4.69) is 15.4 Å². The summed E-state index contributed by atoms with van der Waals surface area (Å²) in [7, 11) is 0. The highest BCUT2D eigenvalue weighted by molar-refractivity contribution is 5.85. The lowest BCUT2D eigenvalue weighted by atomic mass is 9.91. The first kappa shape index (κ1) is 16.8. The van der Waals surface area contributed by atoms with Crippen molar-refractivity contribution >= 4 is 16.8 Å². The number of benzene rings is 1. The zero-order valence-corrected chi connectivity index (χ0v) is 15.1. The van der Waals surface area contributed by atoms with Gasteiger partial charge in [0.15, 0.2) is 0 Å². The molecule has 0 radical (unpaired) electrons. The average Bonchev–Trinajstić information content (AvgIpc) is 3.13. The summed E-state index contributed by atoms with van der Waals surface area (Å²) in [6.07, 6.45) is 3.19. The van der Waals surface area contributed by atoms with Gasteiger partial charge >= 0.3 is 0 Å². The number of halogens is 1. The van der Waals surface area contributed by atoms with Crippen molar-refractivity contribution in [3.8, 4) is 0 Å². The van der Waals surface area contributed by atoms with Crippen LogP contribution in [0.1, 0.15) is 47.9 Å². The minimum Gasteiger partial charge on any atom is -0.356 e.